The monoisotopic (exact) mass is 261 g/mol. The number of thioether (sulfide) groups is 1. The fraction of sp³-hybridized carbons (Fsp3) is 0.0714. The van der Waals surface area contributed by atoms with Crippen LogP contribution >= 0.6 is 11.8 Å². The van der Waals surface area contributed by atoms with E-state index < -0.39 is 11.6 Å². The first-order valence-corrected chi connectivity index (χ1v) is 6.39. The number of nitrogens with zero attached hydrogens (tertiary/aromatic N) is 1. The van der Waals surface area contributed by atoms with E-state index in [2.05, 4.69) is 4.85 Å². The second-order valence-corrected chi connectivity index (χ2v) is 4.47. The van der Waals surface area contributed by atoms with Gasteiger partial charge in [-0.3, -0.25) is 0 Å². The molecule has 0 spiro atoms. The van der Waals surface area contributed by atoms with Crippen molar-refractivity contribution in [2.75, 3.05) is 6.26 Å². The highest BCUT2D eigenvalue weighted by molar-refractivity contribution is 7.98. The first-order chi connectivity index (χ1) is 8.65. The standard InChI is InChI=1S/C14H9F2NS/c1-17-13-6-3-9(7-14(13)18-2)11-5-4-10(15)8-12(11)16/h3-8H,2H3. The topological polar surface area (TPSA) is 4.36 Å². The Hall–Kier alpha value is -1.86. The van der Waals surface area contributed by atoms with E-state index in [9.17, 15) is 8.78 Å². The highest BCUT2D eigenvalue weighted by Crippen LogP contribution is 2.33. The van der Waals surface area contributed by atoms with Crippen LogP contribution in [0.4, 0.5) is 14.5 Å². The summed E-state index contributed by atoms with van der Waals surface area (Å²) >= 11 is 1.43. The van der Waals surface area contributed by atoms with Gasteiger partial charge in [-0.2, -0.15) is 0 Å². The summed E-state index contributed by atoms with van der Waals surface area (Å²) in [4.78, 5) is 4.17. The quantitative estimate of drug-likeness (QED) is 0.549. The van der Waals surface area contributed by atoms with Crippen molar-refractivity contribution < 1.29 is 8.78 Å². The van der Waals surface area contributed by atoms with Gasteiger partial charge in [0.05, 0.1) is 6.57 Å². The summed E-state index contributed by atoms with van der Waals surface area (Å²) < 4.78 is 26.5. The van der Waals surface area contributed by atoms with Crippen molar-refractivity contribution in [2.24, 2.45) is 0 Å². The van der Waals surface area contributed by atoms with Crippen molar-refractivity contribution in [3.8, 4) is 11.1 Å². The number of hydrogen-bond acceptors (Lipinski definition) is 1. The Labute approximate surface area is 108 Å². The Morgan fingerprint density at radius 1 is 1.11 bits per heavy atom. The molecule has 0 aromatic heterocycles. The maximum Gasteiger partial charge on any atom is 0.200 e. The van der Waals surface area contributed by atoms with Crippen molar-refractivity contribution in [3.63, 3.8) is 0 Å². The average molecular weight is 261 g/mol. The molecule has 2 aromatic rings. The molecule has 90 valence electrons. The van der Waals surface area contributed by atoms with E-state index in [1.165, 1.54) is 23.9 Å². The summed E-state index contributed by atoms with van der Waals surface area (Å²) in [5, 5.41) is 0. The summed E-state index contributed by atoms with van der Waals surface area (Å²) in [6, 6.07) is 8.55. The maximum atomic E-state index is 13.6. The van der Waals surface area contributed by atoms with E-state index in [4.69, 9.17) is 6.57 Å². The van der Waals surface area contributed by atoms with E-state index in [-0.39, 0.29) is 0 Å². The van der Waals surface area contributed by atoms with Crippen LogP contribution in [0.5, 0.6) is 0 Å². The second-order valence-electron chi connectivity index (χ2n) is 3.62. The van der Waals surface area contributed by atoms with Gasteiger partial charge < -0.3 is 0 Å². The molecule has 0 heterocycles. The van der Waals surface area contributed by atoms with Crippen molar-refractivity contribution in [3.05, 3.63) is 59.4 Å². The molecule has 0 aliphatic rings. The van der Waals surface area contributed by atoms with Gasteiger partial charge in [-0.1, -0.05) is 18.2 Å². The molecule has 0 aliphatic heterocycles. The number of hydrogen-bond donors (Lipinski definition) is 0. The Bertz CT molecular complexity index is 632. The van der Waals surface area contributed by atoms with Gasteiger partial charge in [-0.15, -0.1) is 11.8 Å². The van der Waals surface area contributed by atoms with Crippen LogP contribution in [0.1, 0.15) is 0 Å². The smallest absolute Gasteiger partial charge is 0.200 e. The van der Waals surface area contributed by atoms with Gasteiger partial charge in [0.1, 0.15) is 11.6 Å². The highest BCUT2D eigenvalue weighted by atomic mass is 32.2. The highest BCUT2D eigenvalue weighted by Gasteiger charge is 2.09. The van der Waals surface area contributed by atoms with Crippen LogP contribution < -0.4 is 0 Å². The van der Waals surface area contributed by atoms with Crippen LogP contribution in [0.25, 0.3) is 16.0 Å². The third kappa shape index (κ3) is 2.36. The SMILES string of the molecule is [C-]#[N+]c1ccc(-c2ccc(F)cc2F)cc1SC. The van der Waals surface area contributed by atoms with Crippen LogP contribution in [-0.2, 0) is 0 Å². The van der Waals surface area contributed by atoms with Crippen molar-refractivity contribution in [1.29, 1.82) is 0 Å². The molecule has 18 heavy (non-hydrogen) atoms. The molecule has 0 fully saturated rings. The third-order valence-corrected chi connectivity index (χ3v) is 3.31. The fourth-order valence-corrected chi connectivity index (χ4v) is 2.23. The summed E-state index contributed by atoms with van der Waals surface area (Å²) in [7, 11) is 0. The van der Waals surface area contributed by atoms with Gasteiger partial charge >= 0.3 is 0 Å². The third-order valence-electron chi connectivity index (χ3n) is 2.54. The Balaban J connectivity index is 2.55. The summed E-state index contributed by atoms with van der Waals surface area (Å²) in [5.41, 5.74) is 1.52. The molecular weight excluding hydrogens is 252 g/mol. The van der Waals surface area contributed by atoms with Crippen molar-refractivity contribution >= 4 is 17.4 Å². The zero-order valence-electron chi connectivity index (χ0n) is 9.58. The van der Waals surface area contributed by atoms with Gasteiger partial charge in [0.2, 0.25) is 5.69 Å². The first-order valence-electron chi connectivity index (χ1n) is 5.16. The fourth-order valence-electron chi connectivity index (χ4n) is 1.66. The Morgan fingerprint density at radius 3 is 2.50 bits per heavy atom. The lowest BCUT2D eigenvalue weighted by atomic mass is 10.0. The zero-order chi connectivity index (χ0) is 13.1. The molecule has 0 saturated carbocycles. The molecule has 2 aromatic carbocycles. The van der Waals surface area contributed by atoms with E-state index >= 15 is 0 Å². The van der Waals surface area contributed by atoms with Gasteiger partial charge in [-0.25, -0.2) is 13.6 Å². The lowest BCUT2D eigenvalue weighted by molar-refractivity contribution is 0.585. The molecule has 0 aliphatic carbocycles. The normalized spacial score (nSPS) is 10.1. The van der Waals surface area contributed by atoms with Crippen molar-refractivity contribution in [2.45, 2.75) is 4.90 Å². The number of rotatable bonds is 2. The zero-order valence-corrected chi connectivity index (χ0v) is 10.4. The molecule has 0 N–H and O–H groups in total. The van der Waals surface area contributed by atoms with Gasteiger partial charge in [0.15, 0.2) is 0 Å². The molecule has 2 rings (SSSR count). The van der Waals surface area contributed by atoms with E-state index in [1.807, 2.05) is 6.26 Å². The predicted molar refractivity (Wildman–Crippen MR) is 69.8 cm³/mol. The van der Waals surface area contributed by atoms with E-state index in [1.54, 1.807) is 18.2 Å². The molecule has 0 atom stereocenters. The predicted octanol–water partition coefficient (Wildman–Crippen LogP) is 4.90. The van der Waals surface area contributed by atoms with Crippen molar-refractivity contribution in [1.82, 2.24) is 0 Å². The van der Waals surface area contributed by atoms with Gasteiger partial charge in [-0.05, 0) is 24.0 Å². The van der Waals surface area contributed by atoms with Crippen LogP contribution in [0.2, 0.25) is 0 Å². The molecule has 0 unspecified atom stereocenters. The van der Waals surface area contributed by atoms with Crippen LogP contribution in [0, 0.1) is 18.2 Å². The Morgan fingerprint density at radius 2 is 1.89 bits per heavy atom. The van der Waals surface area contributed by atoms with E-state index in [0.717, 1.165) is 11.0 Å². The summed E-state index contributed by atoms with van der Waals surface area (Å²) in [6.07, 6.45) is 1.86. The maximum absolute atomic E-state index is 13.6. The molecule has 1 nitrogen and oxygen atoms in total. The lowest BCUT2D eigenvalue weighted by Gasteiger charge is -2.07. The minimum Gasteiger partial charge on any atom is -0.237 e. The molecule has 0 bridgehead atoms. The van der Waals surface area contributed by atoms with Gasteiger partial charge in [0, 0.05) is 16.5 Å². The molecule has 0 amide bonds. The minimum atomic E-state index is -0.599. The van der Waals surface area contributed by atoms with E-state index in [0.29, 0.717) is 16.8 Å². The summed E-state index contributed by atoms with van der Waals surface area (Å²) in [5.74, 6) is -1.20. The molecule has 4 heteroatoms. The molecule has 0 saturated heterocycles. The average Bonchev–Trinajstić information content (AvgIpc) is 2.38. The van der Waals surface area contributed by atoms with Crippen LogP contribution in [-0.4, -0.2) is 6.26 Å². The van der Waals surface area contributed by atoms with Gasteiger partial charge in [0.25, 0.3) is 0 Å². The lowest BCUT2D eigenvalue weighted by Crippen LogP contribution is -1.86. The Kier molecular flexibility index (Phi) is 3.63. The largest absolute Gasteiger partial charge is 0.237 e. The number of halogens is 2. The molecular formula is C14H9F2NS. The minimum absolute atomic E-state index is 0.336. The number of benzene rings is 2. The molecule has 0 radical (unpaired) electrons. The summed E-state index contributed by atoms with van der Waals surface area (Å²) in [6.45, 7) is 7.02. The van der Waals surface area contributed by atoms with Crippen LogP contribution in [0.15, 0.2) is 41.3 Å². The second kappa shape index (κ2) is 5.19. The van der Waals surface area contributed by atoms with Crippen LogP contribution in [0.3, 0.4) is 0 Å². The first kappa shape index (κ1) is 12.6.